The van der Waals surface area contributed by atoms with Crippen molar-refractivity contribution in [2.45, 2.75) is 39.5 Å². The number of nitrogens with zero attached hydrogens (tertiary/aromatic N) is 2. The molecule has 0 spiro atoms. The lowest BCUT2D eigenvalue weighted by molar-refractivity contribution is -0.117. The molecule has 0 unspecified atom stereocenters. The highest BCUT2D eigenvalue weighted by Crippen LogP contribution is 2.29. The molecule has 86 valence electrons. The molecule has 0 aliphatic carbocycles. The molecule has 0 radical (unpaired) electrons. The van der Waals surface area contributed by atoms with Crippen molar-refractivity contribution in [3.8, 4) is 0 Å². The number of hydrogen-bond acceptors (Lipinski definition) is 2. The lowest BCUT2D eigenvalue weighted by Gasteiger charge is -2.20. The number of amides is 1. The van der Waals surface area contributed by atoms with Crippen LogP contribution in [0.5, 0.6) is 0 Å². The van der Waals surface area contributed by atoms with E-state index in [1.165, 1.54) is 11.1 Å². The molecule has 0 atom stereocenters. The molecule has 3 nitrogen and oxygen atoms in total. The number of carbonyl (C=O) groups is 1. The van der Waals surface area contributed by atoms with Gasteiger partial charge in [0, 0.05) is 19.2 Å². The van der Waals surface area contributed by atoms with Crippen LogP contribution in [-0.2, 0) is 4.79 Å². The van der Waals surface area contributed by atoms with Crippen LogP contribution in [0.4, 0.5) is 5.69 Å². The molecule has 1 aromatic rings. The van der Waals surface area contributed by atoms with E-state index in [1.54, 1.807) is 0 Å². The van der Waals surface area contributed by atoms with Gasteiger partial charge in [-0.1, -0.05) is 13.8 Å². The minimum Gasteiger partial charge on any atom is -0.311 e. The largest absolute Gasteiger partial charge is 0.311 e. The smallest absolute Gasteiger partial charge is 0.227 e. The fourth-order valence-electron chi connectivity index (χ4n) is 2.29. The molecular formula is C13H18N2O. The average molecular weight is 218 g/mol. The number of rotatable bonds is 2. The first-order valence-corrected chi connectivity index (χ1v) is 5.86. The van der Waals surface area contributed by atoms with Crippen molar-refractivity contribution >= 4 is 11.6 Å². The van der Waals surface area contributed by atoms with Gasteiger partial charge >= 0.3 is 0 Å². The van der Waals surface area contributed by atoms with E-state index in [-0.39, 0.29) is 5.91 Å². The molecule has 1 saturated heterocycles. The van der Waals surface area contributed by atoms with Crippen LogP contribution in [0.15, 0.2) is 12.4 Å². The molecule has 1 aromatic heterocycles. The van der Waals surface area contributed by atoms with Gasteiger partial charge in [-0.15, -0.1) is 0 Å². The molecule has 1 aliphatic heterocycles. The zero-order valence-corrected chi connectivity index (χ0v) is 10.2. The highest BCUT2D eigenvalue weighted by Gasteiger charge is 2.24. The number of anilines is 1. The third-order valence-electron chi connectivity index (χ3n) is 3.21. The van der Waals surface area contributed by atoms with E-state index in [2.05, 4.69) is 25.8 Å². The van der Waals surface area contributed by atoms with E-state index in [0.29, 0.717) is 12.3 Å². The van der Waals surface area contributed by atoms with Crippen LogP contribution in [0.3, 0.4) is 0 Å². The zero-order chi connectivity index (χ0) is 11.7. The topological polar surface area (TPSA) is 33.2 Å². The maximum Gasteiger partial charge on any atom is 0.227 e. The Labute approximate surface area is 96.5 Å². The SMILES string of the molecule is Cc1c(C(C)C)cncc1N1CCCC1=O. The molecule has 2 rings (SSSR count). The van der Waals surface area contributed by atoms with Crippen molar-refractivity contribution < 1.29 is 4.79 Å². The summed E-state index contributed by atoms with van der Waals surface area (Å²) in [4.78, 5) is 17.8. The second-order valence-corrected chi connectivity index (χ2v) is 4.68. The summed E-state index contributed by atoms with van der Waals surface area (Å²) < 4.78 is 0. The summed E-state index contributed by atoms with van der Waals surface area (Å²) >= 11 is 0. The summed E-state index contributed by atoms with van der Waals surface area (Å²) in [6.45, 7) is 7.22. The van der Waals surface area contributed by atoms with Crippen LogP contribution in [0, 0.1) is 6.92 Å². The Balaban J connectivity index is 2.41. The van der Waals surface area contributed by atoms with E-state index < -0.39 is 0 Å². The fourth-order valence-corrected chi connectivity index (χ4v) is 2.29. The van der Waals surface area contributed by atoms with Gasteiger partial charge in [0.2, 0.25) is 5.91 Å². The maximum atomic E-state index is 11.7. The molecule has 0 aromatic carbocycles. The Morgan fingerprint density at radius 2 is 2.12 bits per heavy atom. The minimum atomic E-state index is 0.228. The Bertz CT molecular complexity index is 412. The Hall–Kier alpha value is -1.38. The van der Waals surface area contributed by atoms with E-state index in [0.717, 1.165) is 18.7 Å². The standard InChI is InChI=1S/C13H18N2O/c1-9(2)11-7-14-8-12(10(11)3)15-6-4-5-13(15)16/h7-9H,4-6H2,1-3H3. The molecule has 0 saturated carbocycles. The van der Waals surface area contributed by atoms with Crippen molar-refractivity contribution in [1.29, 1.82) is 0 Å². The van der Waals surface area contributed by atoms with E-state index in [4.69, 9.17) is 0 Å². The molecule has 0 bridgehead atoms. The van der Waals surface area contributed by atoms with Crippen molar-refractivity contribution in [3.05, 3.63) is 23.5 Å². The second-order valence-electron chi connectivity index (χ2n) is 4.68. The maximum absolute atomic E-state index is 11.7. The Morgan fingerprint density at radius 1 is 1.38 bits per heavy atom. The molecule has 2 heterocycles. The fraction of sp³-hybridized carbons (Fsp3) is 0.538. The van der Waals surface area contributed by atoms with Crippen LogP contribution in [0.25, 0.3) is 0 Å². The molecule has 1 amide bonds. The number of carbonyl (C=O) groups excluding carboxylic acids is 1. The van der Waals surface area contributed by atoms with Gasteiger partial charge in [-0.2, -0.15) is 0 Å². The summed E-state index contributed by atoms with van der Waals surface area (Å²) in [5.41, 5.74) is 3.42. The van der Waals surface area contributed by atoms with Gasteiger partial charge in [0.05, 0.1) is 11.9 Å². The zero-order valence-electron chi connectivity index (χ0n) is 10.2. The van der Waals surface area contributed by atoms with Crippen molar-refractivity contribution in [1.82, 2.24) is 4.98 Å². The first-order valence-electron chi connectivity index (χ1n) is 5.86. The molecule has 1 aliphatic rings. The van der Waals surface area contributed by atoms with Gasteiger partial charge in [-0.25, -0.2) is 0 Å². The lowest BCUT2D eigenvalue weighted by Crippen LogP contribution is -2.25. The predicted octanol–water partition coefficient (Wildman–Crippen LogP) is 2.64. The molecule has 16 heavy (non-hydrogen) atoms. The molecular weight excluding hydrogens is 200 g/mol. The molecule has 1 fully saturated rings. The van der Waals surface area contributed by atoms with Crippen LogP contribution in [0.1, 0.15) is 43.7 Å². The van der Waals surface area contributed by atoms with Gasteiger partial charge in [0.1, 0.15) is 0 Å². The summed E-state index contributed by atoms with van der Waals surface area (Å²) in [5.74, 6) is 0.677. The second kappa shape index (κ2) is 4.24. The predicted molar refractivity (Wildman–Crippen MR) is 64.7 cm³/mol. The Morgan fingerprint density at radius 3 is 2.69 bits per heavy atom. The highest BCUT2D eigenvalue weighted by molar-refractivity contribution is 5.96. The quantitative estimate of drug-likeness (QED) is 0.764. The monoisotopic (exact) mass is 218 g/mol. The summed E-state index contributed by atoms with van der Waals surface area (Å²) in [5, 5.41) is 0. The summed E-state index contributed by atoms with van der Waals surface area (Å²) in [6, 6.07) is 0. The van der Waals surface area contributed by atoms with E-state index in [9.17, 15) is 4.79 Å². The van der Waals surface area contributed by atoms with E-state index in [1.807, 2.05) is 17.3 Å². The third-order valence-corrected chi connectivity index (χ3v) is 3.21. The lowest BCUT2D eigenvalue weighted by atomic mass is 9.99. The summed E-state index contributed by atoms with van der Waals surface area (Å²) in [6.07, 6.45) is 5.35. The Kier molecular flexibility index (Phi) is 2.95. The van der Waals surface area contributed by atoms with Crippen LogP contribution >= 0.6 is 0 Å². The van der Waals surface area contributed by atoms with Gasteiger partial charge in [0.15, 0.2) is 0 Å². The highest BCUT2D eigenvalue weighted by atomic mass is 16.2. The van der Waals surface area contributed by atoms with Gasteiger partial charge < -0.3 is 4.90 Å². The average Bonchev–Trinajstić information content (AvgIpc) is 2.64. The minimum absolute atomic E-state index is 0.228. The molecule has 0 N–H and O–H groups in total. The van der Waals surface area contributed by atoms with Gasteiger partial charge in [0.25, 0.3) is 0 Å². The number of hydrogen-bond donors (Lipinski definition) is 0. The first-order chi connectivity index (χ1) is 7.61. The van der Waals surface area contributed by atoms with Crippen molar-refractivity contribution in [3.63, 3.8) is 0 Å². The third kappa shape index (κ3) is 1.82. The normalized spacial score (nSPS) is 16.2. The van der Waals surface area contributed by atoms with E-state index >= 15 is 0 Å². The van der Waals surface area contributed by atoms with Gasteiger partial charge in [-0.05, 0) is 30.4 Å². The van der Waals surface area contributed by atoms with Crippen LogP contribution in [-0.4, -0.2) is 17.4 Å². The number of aromatic nitrogens is 1. The molecule has 3 heteroatoms. The summed E-state index contributed by atoms with van der Waals surface area (Å²) in [7, 11) is 0. The number of pyridine rings is 1. The van der Waals surface area contributed by atoms with Crippen molar-refractivity contribution in [2.75, 3.05) is 11.4 Å². The van der Waals surface area contributed by atoms with Crippen molar-refractivity contribution in [2.24, 2.45) is 0 Å². The van der Waals surface area contributed by atoms with Gasteiger partial charge in [-0.3, -0.25) is 9.78 Å². The first kappa shape index (κ1) is 11.1. The van der Waals surface area contributed by atoms with Crippen LogP contribution in [0.2, 0.25) is 0 Å². The van der Waals surface area contributed by atoms with Crippen LogP contribution < -0.4 is 4.90 Å².